The number of guanidine groups is 1. The van der Waals surface area contributed by atoms with Crippen molar-refractivity contribution in [2.24, 2.45) is 4.99 Å². The summed E-state index contributed by atoms with van der Waals surface area (Å²) >= 11 is 0. The monoisotopic (exact) mass is 393 g/mol. The van der Waals surface area contributed by atoms with Crippen LogP contribution in [0.4, 0.5) is 8.78 Å². The summed E-state index contributed by atoms with van der Waals surface area (Å²) in [7, 11) is 1.79. The van der Waals surface area contributed by atoms with Crippen molar-refractivity contribution in [3.8, 4) is 0 Å². The molecule has 3 rings (SSSR count). The second-order valence-electron chi connectivity index (χ2n) is 7.82. The van der Waals surface area contributed by atoms with E-state index in [0.717, 1.165) is 38.4 Å². The summed E-state index contributed by atoms with van der Waals surface area (Å²) in [6.07, 6.45) is 1.93. The van der Waals surface area contributed by atoms with Gasteiger partial charge in [-0.15, -0.1) is 0 Å². The van der Waals surface area contributed by atoms with E-state index in [2.05, 4.69) is 50.9 Å². The first kappa shape index (κ1) is 21.0. The van der Waals surface area contributed by atoms with Crippen molar-refractivity contribution in [1.29, 1.82) is 0 Å². The molecule has 7 heteroatoms. The molecule has 156 valence electrons. The van der Waals surface area contributed by atoms with Crippen LogP contribution in [0.15, 0.2) is 35.3 Å². The molecule has 0 amide bonds. The number of halogens is 2. The van der Waals surface area contributed by atoms with Crippen LogP contribution in [0.5, 0.6) is 0 Å². The van der Waals surface area contributed by atoms with Gasteiger partial charge in [0.25, 0.3) is 6.43 Å². The topological polar surface area (TPSA) is 42.9 Å². The number of rotatable bonds is 7. The van der Waals surface area contributed by atoms with Crippen LogP contribution >= 0.6 is 0 Å². The smallest absolute Gasteiger partial charge is 0.251 e. The molecule has 2 aliphatic rings. The summed E-state index contributed by atoms with van der Waals surface area (Å²) < 4.78 is 25.0. The highest BCUT2D eigenvalue weighted by Crippen LogP contribution is 2.19. The highest BCUT2D eigenvalue weighted by molar-refractivity contribution is 5.80. The fraction of sp³-hybridized carbons (Fsp3) is 0.667. The molecular formula is C21H33F2N5. The molecule has 1 unspecified atom stereocenters. The van der Waals surface area contributed by atoms with Gasteiger partial charge in [-0.3, -0.25) is 14.8 Å². The van der Waals surface area contributed by atoms with Crippen molar-refractivity contribution >= 4 is 5.96 Å². The van der Waals surface area contributed by atoms with E-state index in [-0.39, 0.29) is 6.54 Å². The van der Waals surface area contributed by atoms with Crippen LogP contribution in [0.2, 0.25) is 0 Å². The molecule has 28 heavy (non-hydrogen) atoms. The molecule has 0 saturated carbocycles. The minimum absolute atomic E-state index is 0.112. The fourth-order valence-electron chi connectivity index (χ4n) is 4.21. The summed E-state index contributed by atoms with van der Waals surface area (Å²) in [5.74, 6) is 0.818. The predicted molar refractivity (Wildman–Crippen MR) is 110 cm³/mol. The summed E-state index contributed by atoms with van der Waals surface area (Å²) in [5.41, 5.74) is 1.35. The van der Waals surface area contributed by atoms with Gasteiger partial charge in [-0.2, -0.15) is 0 Å². The van der Waals surface area contributed by atoms with Crippen molar-refractivity contribution in [3.63, 3.8) is 0 Å². The molecule has 2 saturated heterocycles. The molecule has 1 aromatic rings. The molecule has 1 atom stereocenters. The van der Waals surface area contributed by atoms with Crippen molar-refractivity contribution in [1.82, 2.24) is 20.4 Å². The van der Waals surface area contributed by atoms with E-state index >= 15 is 0 Å². The molecule has 0 aromatic heterocycles. The minimum Gasteiger partial charge on any atom is -0.355 e. The number of benzene rings is 1. The number of nitrogens with one attached hydrogen (secondary N) is 2. The van der Waals surface area contributed by atoms with Gasteiger partial charge >= 0.3 is 0 Å². The predicted octanol–water partition coefficient (Wildman–Crippen LogP) is 2.55. The van der Waals surface area contributed by atoms with E-state index in [1.165, 1.54) is 18.4 Å². The van der Waals surface area contributed by atoms with Gasteiger partial charge < -0.3 is 10.6 Å². The molecule has 0 aliphatic carbocycles. The fourth-order valence-corrected chi connectivity index (χ4v) is 4.21. The van der Waals surface area contributed by atoms with Gasteiger partial charge in [0.15, 0.2) is 5.96 Å². The Morgan fingerprint density at radius 1 is 1.14 bits per heavy atom. The number of hydrogen-bond acceptors (Lipinski definition) is 3. The van der Waals surface area contributed by atoms with Gasteiger partial charge in [-0.25, -0.2) is 8.78 Å². The Labute approximate surface area is 167 Å². The third-order valence-electron chi connectivity index (χ3n) is 5.78. The Morgan fingerprint density at radius 3 is 2.57 bits per heavy atom. The second-order valence-corrected chi connectivity index (χ2v) is 7.82. The maximum atomic E-state index is 12.5. The molecule has 2 N–H and O–H groups in total. The van der Waals surface area contributed by atoms with Crippen LogP contribution in [0, 0.1) is 0 Å². The van der Waals surface area contributed by atoms with E-state index in [1.807, 2.05) is 4.90 Å². The number of hydrogen-bond donors (Lipinski definition) is 2. The molecular weight excluding hydrogens is 360 g/mol. The van der Waals surface area contributed by atoms with Crippen molar-refractivity contribution in [2.75, 3.05) is 39.8 Å². The summed E-state index contributed by atoms with van der Waals surface area (Å²) in [6, 6.07) is 11.4. The standard InChI is InChI=1S/C21H33F2N5/c1-24-21(26-18-9-12-27(13-10-18)16-20(22)23)25-14-19-8-5-11-28(19)15-17-6-3-2-4-7-17/h2-4,6-7,18-20H,5,8-16H2,1H3,(H2,24,25,26). The van der Waals surface area contributed by atoms with Crippen LogP contribution in [0.1, 0.15) is 31.2 Å². The second kappa shape index (κ2) is 10.7. The highest BCUT2D eigenvalue weighted by atomic mass is 19.3. The van der Waals surface area contributed by atoms with E-state index in [4.69, 9.17) is 0 Å². The average molecular weight is 394 g/mol. The molecule has 2 aliphatic heterocycles. The zero-order valence-electron chi connectivity index (χ0n) is 16.8. The number of piperidine rings is 1. The third-order valence-corrected chi connectivity index (χ3v) is 5.78. The first-order chi connectivity index (χ1) is 13.6. The zero-order chi connectivity index (χ0) is 19.8. The van der Waals surface area contributed by atoms with E-state index in [1.54, 1.807) is 7.05 Å². The third kappa shape index (κ3) is 6.41. The molecule has 2 fully saturated rings. The van der Waals surface area contributed by atoms with Gasteiger partial charge in [0, 0.05) is 45.3 Å². The van der Waals surface area contributed by atoms with Crippen LogP contribution < -0.4 is 10.6 Å². The first-order valence-corrected chi connectivity index (χ1v) is 10.4. The Hall–Kier alpha value is -1.73. The maximum Gasteiger partial charge on any atom is 0.251 e. The van der Waals surface area contributed by atoms with E-state index in [9.17, 15) is 8.78 Å². The Kier molecular flexibility index (Phi) is 8.03. The van der Waals surface area contributed by atoms with Gasteiger partial charge in [0.05, 0.1) is 6.54 Å². The quantitative estimate of drug-likeness (QED) is 0.552. The normalized spacial score (nSPS) is 22.7. The van der Waals surface area contributed by atoms with Gasteiger partial charge in [0.2, 0.25) is 0 Å². The van der Waals surface area contributed by atoms with E-state index < -0.39 is 6.43 Å². The highest BCUT2D eigenvalue weighted by Gasteiger charge is 2.25. The molecule has 1 aromatic carbocycles. The first-order valence-electron chi connectivity index (χ1n) is 10.4. The molecule has 5 nitrogen and oxygen atoms in total. The zero-order valence-corrected chi connectivity index (χ0v) is 16.8. The van der Waals surface area contributed by atoms with Gasteiger partial charge in [-0.1, -0.05) is 30.3 Å². The van der Waals surface area contributed by atoms with E-state index in [0.29, 0.717) is 25.2 Å². The summed E-state index contributed by atoms with van der Waals surface area (Å²) in [5, 5.41) is 6.96. The van der Waals surface area contributed by atoms with Crippen molar-refractivity contribution in [3.05, 3.63) is 35.9 Å². The summed E-state index contributed by atoms with van der Waals surface area (Å²) in [6.45, 7) is 4.31. The molecule has 0 spiro atoms. The van der Waals surface area contributed by atoms with Crippen LogP contribution in [0.25, 0.3) is 0 Å². The van der Waals surface area contributed by atoms with Crippen LogP contribution in [0.3, 0.4) is 0 Å². The SMILES string of the molecule is CN=C(NCC1CCCN1Cc1ccccc1)NC1CCN(CC(F)F)CC1. The van der Waals surface area contributed by atoms with Crippen LogP contribution in [-0.4, -0.2) is 74.0 Å². The lowest BCUT2D eigenvalue weighted by molar-refractivity contribution is 0.0744. The van der Waals surface area contributed by atoms with Crippen molar-refractivity contribution < 1.29 is 8.78 Å². The lowest BCUT2D eigenvalue weighted by Crippen LogP contribution is -2.51. The van der Waals surface area contributed by atoms with Gasteiger partial charge in [-0.05, 0) is 37.8 Å². The largest absolute Gasteiger partial charge is 0.355 e. The Bertz CT molecular complexity index is 602. The Morgan fingerprint density at radius 2 is 1.89 bits per heavy atom. The average Bonchev–Trinajstić information content (AvgIpc) is 3.14. The molecule has 0 bridgehead atoms. The lowest BCUT2D eigenvalue weighted by Gasteiger charge is -2.33. The molecule has 0 radical (unpaired) electrons. The van der Waals surface area contributed by atoms with Crippen molar-refractivity contribution in [2.45, 2.75) is 50.7 Å². The number of alkyl halides is 2. The van der Waals surface area contributed by atoms with Crippen LogP contribution in [-0.2, 0) is 6.54 Å². The molecule has 2 heterocycles. The number of likely N-dealkylation sites (tertiary alicyclic amines) is 2. The Balaban J connectivity index is 1.41. The summed E-state index contributed by atoms with van der Waals surface area (Å²) in [4.78, 5) is 8.75. The lowest BCUT2D eigenvalue weighted by atomic mass is 10.1. The maximum absolute atomic E-state index is 12.5. The minimum atomic E-state index is -2.25. The van der Waals surface area contributed by atoms with Gasteiger partial charge in [0.1, 0.15) is 0 Å². The number of nitrogens with zero attached hydrogens (tertiary/aromatic N) is 3. The number of aliphatic imine (C=N–C) groups is 1.